The van der Waals surface area contributed by atoms with Crippen LogP contribution < -0.4 is 5.32 Å². The average molecular weight is 344 g/mol. The Bertz CT molecular complexity index is 794. The molecule has 0 heterocycles. The average Bonchev–Trinajstić information content (AvgIpc) is 2.57. The van der Waals surface area contributed by atoms with Crippen LogP contribution in [0.2, 0.25) is 5.02 Å². The standard InChI is InChI=1S/C18H14ClNO4/c19-15-8-9-16(17(21)22)14(11-15)7-4-10-20-18(23)24-12-13-5-2-1-3-6-13/h1-3,5-6,8-9,11H,10,12H2,(H,20,23)(H,21,22). The van der Waals surface area contributed by atoms with Gasteiger partial charge in [-0.1, -0.05) is 53.8 Å². The summed E-state index contributed by atoms with van der Waals surface area (Å²) in [5, 5.41) is 11.9. The van der Waals surface area contributed by atoms with E-state index in [1.165, 1.54) is 18.2 Å². The predicted octanol–water partition coefficient (Wildman–Crippen LogP) is 3.32. The van der Waals surface area contributed by atoms with Crippen molar-refractivity contribution in [3.05, 3.63) is 70.2 Å². The third kappa shape index (κ3) is 5.34. The summed E-state index contributed by atoms with van der Waals surface area (Å²) in [6.07, 6.45) is -0.599. The highest BCUT2D eigenvalue weighted by Gasteiger charge is 2.08. The van der Waals surface area contributed by atoms with Gasteiger partial charge in [0, 0.05) is 10.6 Å². The van der Waals surface area contributed by atoms with Crippen molar-refractivity contribution in [2.45, 2.75) is 6.61 Å². The van der Waals surface area contributed by atoms with Crippen LogP contribution in [0.3, 0.4) is 0 Å². The lowest BCUT2D eigenvalue weighted by molar-refractivity contribution is 0.0696. The Morgan fingerprint density at radius 2 is 1.92 bits per heavy atom. The van der Waals surface area contributed by atoms with Crippen LogP contribution in [-0.4, -0.2) is 23.7 Å². The third-order valence-corrected chi connectivity index (χ3v) is 3.20. The van der Waals surface area contributed by atoms with E-state index >= 15 is 0 Å². The summed E-state index contributed by atoms with van der Waals surface area (Å²) < 4.78 is 5.03. The maximum atomic E-state index is 11.5. The van der Waals surface area contributed by atoms with Crippen LogP contribution >= 0.6 is 11.6 Å². The molecule has 0 saturated carbocycles. The number of benzene rings is 2. The van der Waals surface area contributed by atoms with Gasteiger partial charge >= 0.3 is 12.1 Å². The molecule has 0 saturated heterocycles. The normalized spacial score (nSPS) is 9.54. The van der Waals surface area contributed by atoms with Crippen molar-refractivity contribution in [3.63, 3.8) is 0 Å². The minimum atomic E-state index is -1.09. The van der Waals surface area contributed by atoms with Crippen molar-refractivity contribution < 1.29 is 19.4 Å². The Morgan fingerprint density at radius 1 is 1.17 bits per heavy atom. The number of ether oxygens (including phenoxy) is 1. The molecule has 0 unspecified atom stereocenters. The molecule has 0 aromatic heterocycles. The summed E-state index contributed by atoms with van der Waals surface area (Å²) in [5.74, 6) is 4.26. The topological polar surface area (TPSA) is 75.6 Å². The molecule has 2 N–H and O–H groups in total. The van der Waals surface area contributed by atoms with Crippen LogP contribution in [0.15, 0.2) is 48.5 Å². The Balaban J connectivity index is 1.86. The molecule has 0 bridgehead atoms. The second-order valence-corrected chi connectivity index (χ2v) is 5.15. The maximum absolute atomic E-state index is 11.5. The third-order valence-electron chi connectivity index (χ3n) is 2.97. The molecule has 0 radical (unpaired) electrons. The molecule has 2 aromatic rings. The number of nitrogens with one attached hydrogen (secondary N) is 1. The molecule has 1 amide bonds. The lowest BCUT2D eigenvalue weighted by atomic mass is 10.1. The van der Waals surface area contributed by atoms with E-state index in [2.05, 4.69) is 17.2 Å². The van der Waals surface area contributed by atoms with Crippen LogP contribution in [0.5, 0.6) is 0 Å². The summed E-state index contributed by atoms with van der Waals surface area (Å²) >= 11 is 5.83. The van der Waals surface area contributed by atoms with Crippen LogP contribution in [0.1, 0.15) is 21.5 Å². The van der Waals surface area contributed by atoms with E-state index in [4.69, 9.17) is 21.4 Å². The molecule has 0 spiro atoms. The van der Waals surface area contributed by atoms with Crippen molar-refractivity contribution in [2.75, 3.05) is 6.54 Å². The number of halogens is 1. The van der Waals surface area contributed by atoms with Gasteiger partial charge < -0.3 is 15.2 Å². The first kappa shape index (κ1) is 17.4. The van der Waals surface area contributed by atoms with Crippen molar-refractivity contribution in [3.8, 4) is 11.8 Å². The monoisotopic (exact) mass is 343 g/mol. The van der Waals surface area contributed by atoms with Crippen LogP contribution in [0.25, 0.3) is 0 Å². The van der Waals surface area contributed by atoms with Gasteiger partial charge in [-0.25, -0.2) is 9.59 Å². The van der Waals surface area contributed by atoms with Gasteiger partial charge in [0.1, 0.15) is 6.61 Å². The van der Waals surface area contributed by atoms with Crippen molar-refractivity contribution in [1.82, 2.24) is 5.32 Å². The molecule has 0 fully saturated rings. The minimum absolute atomic E-state index is 0.0270. The zero-order valence-corrected chi connectivity index (χ0v) is 13.3. The van der Waals surface area contributed by atoms with E-state index in [0.717, 1.165) is 5.56 Å². The molecule has 0 atom stereocenters. The molecule has 2 aromatic carbocycles. The SMILES string of the molecule is O=C(NCC#Cc1cc(Cl)ccc1C(=O)O)OCc1ccccc1. The summed E-state index contributed by atoms with van der Waals surface area (Å²) in [7, 11) is 0. The number of carbonyl (C=O) groups excluding carboxylic acids is 1. The number of alkyl carbamates (subject to hydrolysis) is 1. The highest BCUT2D eigenvalue weighted by Crippen LogP contribution is 2.15. The lowest BCUT2D eigenvalue weighted by Crippen LogP contribution is -2.24. The first-order valence-corrected chi connectivity index (χ1v) is 7.40. The number of hydrogen-bond acceptors (Lipinski definition) is 3. The quantitative estimate of drug-likeness (QED) is 0.835. The van der Waals surface area contributed by atoms with Crippen LogP contribution in [0.4, 0.5) is 4.79 Å². The Morgan fingerprint density at radius 3 is 2.62 bits per heavy atom. The number of rotatable bonds is 4. The number of carbonyl (C=O) groups is 2. The fraction of sp³-hybridized carbons (Fsp3) is 0.111. The summed E-state index contributed by atoms with van der Waals surface area (Å²) in [5.41, 5.74) is 1.22. The van der Waals surface area contributed by atoms with E-state index in [9.17, 15) is 9.59 Å². The van der Waals surface area contributed by atoms with Crippen molar-refractivity contribution in [2.24, 2.45) is 0 Å². The van der Waals surface area contributed by atoms with E-state index in [-0.39, 0.29) is 24.3 Å². The summed E-state index contributed by atoms with van der Waals surface area (Å²) in [6.45, 7) is 0.191. The minimum Gasteiger partial charge on any atom is -0.478 e. The van der Waals surface area contributed by atoms with Gasteiger partial charge in [0.15, 0.2) is 0 Å². The van der Waals surface area contributed by atoms with Gasteiger partial charge in [0.2, 0.25) is 0 Å². The van der Waals surface area contributed by atoms with Gasteiger partial charge in [-0.05, 0) is 23.8 Å². The molecule has 5 nitrogen and oxygen atoms in total. The lowest BCUT2D eigenvalue weighted by Gasteiger charge is -2.04. The smallest absolute Gasteiger partial charge is 0.408 e. The zero-order chi connectivity index (χ0) is 17.4. The Kier molecular flexibility index (Phi) is 6.23. The number of aromatic carboxylic acids is 1. The van der Waals surface area contributed by atoms with E-state index in [0.29, 0.717) is 5.02 Å². The second-order valence-electron chi connectivity index (χ2n) is 4.71. The van der Waals surface area contributed by atoms with Gasteiger partial charge in [-0.15, -0.1) is 0 Å². The van der Waals surface area contributed by atoms with Gasteiger partial charge in [-0.3, -0.25) is 0 Å². The van der Waals surface area contributed by atoms with E-state index < -0.39 is 12.1 Å². The fourth-order valence-corrected chi connectivity index (χ4v) is 2.01. The molecule has 6 heteroatoms. The first-order chi connectivity index (χ1) is 11.6. The molecular formula is C18H14ClNO4. The second kappa shape index (κ2) is 8.61. The molecule has 0 aliphatic carbocycles. The predicted molar refractivity (Wildman–Crippen MR) is 89.9 cm³/mol. The Hall–Kier alpha value is -2.97. The number of amides is 1. The summed E-state index contributed by atoms with van der Waals surface area (Å²) in [4.78, 5) is 22.6. The van der Waals surface area contributed by atoms with E-state index in [1.807, 2.05) is 30.3 Å². The van der Waals surface area contributed by atoms with Crippen molar-refractivity contribution in [1.29, 1.82) is 0 Å². The Labute approximate surface area is 144 Å². The number of carboxylic acids is 1. The highest BCUT2D eigenvalue weighted by atomic mass is 35.5. The molecule has 0 aliphatic rings. The largest absolute Gasteiger partial charge is 0.478 e. The van der Waals surface area contributed by atoms with E-state index in [1.54, 1.807) is 0 Å². The zero-order valence-electron chi connectivity index (χ0n) is 12.6. The highest BCUT2D eigenvalue weighted by molar-refractivity contribution is 6.30. The van der Waals surface area contributed by atoms with Crippen LogP contribution in [0, 0.1) is 11.8 Å². The fourth-order valence-electron chi connectivity index (χ4n) is 1.84. The molecule has 0 aliphatic heterocycles. The number of hydrogen-bond donors (Lipinski definition) is 2. The van der Waals surface area contributed by atoms with Gasteiger partial charge in [0.05, 0.1) is 12.1 Å². The van der Waals surface area contributed by atoms with Crippen LogP contribution in [-0.2, 0) is 11.3 Å². The number of carboxylic acid groups (broad SMARTS) is 1. The van der Waals surface area contributed by atoms with Gasteiger partial charge in [0.25, 0.3) is 0 Å². The summed E-state index contributed by atoms with van der Waals surface area (Å²) in [6, 6.07) is 13.6. The molecular weight excluding hydrogens is 330 g/mol. The first-order valence-electron chi connectivity index (χ1n) is 7.02. The maximum Gasteiger partial charge on any atom is 0.408 e. The van der Waals surface area contributed by atoms with Gasteiger partial charge in [-0.2, -0.15) is 0 Å². The van der Waals surface area contributed by atoms with Crippen molar-refractivity contribution >= 4 is 23.7 Å². The molecule has 2 rings (SSSR count). The molecule has 122 valence electrons. The molecule has 24 heavy (non-hydrogen) atoms.